The minimum atomic E-state index is -0.234. The fraction of sp³-hybridized carbons (Fsp3) is 0.143. The largest absolute Gasteiger partial charge is 0.383 e. The van der Waals surface area contributed by atoms with Gasteiger partial charge in [0, 0.05) is 15.9 Å². The van der Waals surface area contributed by atoms with Crippen LogP contribution < -0.4 is 5.73 Å². The van der Waals surface area contributed by atoms with Crippen LogP contribution in [0.1, 0.15) is 37.6 Å². The van der Waals surface area contributed by atoms with Crippen LogP contribution >= 0.6 is 34.9 Å². The van der Waals surface area contributed by atoms with E-state index in [9.17, 15) is 4.39 Å². The number of hydrogen-bond acceptors (Lipinski definition) is 6. The van der Waals surface area contributed by atoms with Crippen molar-refractivity contribution in [3.8, 4) is 0 Å². The zero-order chi connectivity index (χ0) is 23.8. The smallest absolute Gasteiger partial charge is 0.191 e. The van der Waals surface area contributed by atoms with Crippen molar-refractivity contribution in [1.29, 1.82) is 0 Å². The first kappa shape index (κ1) is 22.6. The Bertz CT molecular complexity index is 1490. The first-order valence-electron chi connectivity index (χ1n) is 11.4. The molecule has 0 saturated carbocycles. The molecule has 7 heteroatoms. The van der Waals surface area contributed by atoms with E-state index in [4.69, 9.17) is 10.7 Å². The lowest BCUT2D eigenvalue weighted by atomic mass is 9.98. The third kappa shape index (κ3) is 4.56. The van der Waals surface area contributed by atoms with Crippen molar-refractivity contribution >= 4 is 50.9 Å². The lowest BCUT2D eigenvalue weighted by Gasteiger charge is -2.30. The maximum absolute atomic E-state index is 13.6. The monoisotopic (exact) mass is 515 g/mol. The standard InChI is InChI=1S/C28H22FN3S3/c29-20-13-7-8-17(14-20)16-33-28-31-26(30)23-21-15-22(18-9-3-1-4-10-18)34-24(19-11-5-2-6-12-19)25(21)35-27(23)32-28/h1-14,22,24H,15-16H2,(H2,30,31,32). The summed E-state index contributed by atoms with van der Waals surface area (Å²) in [6.07, 6.45) is 0.899. The van der Waals surface area contributed by atoms with E-state index in [0.29, 0.717) is 22.0 Å². The molecular formula is C28H22FN3S3. The van der Waals surface area contributed by atoms with Gasteiger partial charge in [-0.3, -0.25) is 0 Å². The van der Waals surface area contributed by atoms with Gasteiger partial charge in [0.15, 0.2) is 5.16 Å². The van der Waals surface area contributed by atoms with Crippen LogP contribution in [0.4, 0.5) is 10.2 Å². The molecule has 0 saturated heterocycles. The Balaban J connectivity index is 1.40. The topological polar surface area (TPSA) is 51.8 Å². The first-order chi connectivity index (χ1) is 17.2. The van der Waals surface area contributed by atoms with Gasteiger partial charge >= 0.3 is 0 Å². The number of thiophene rings is 1. The summed E-state index contributed by atoms with van der Waals surface area (Å²) in [5.74, 6) is 0.883. The van der Waals surface area contributed by atoms with E-state index >= 15 is 0 Å². The number of fused-ring (bicyclic) bond motifs is 3. The molecule has 2 unspecified atom stereocenters. The molecule has 6 rings (SSSR count). The molecule has 174 valence electrons. The Labute approximate surface area is 216 Å². The fourth-order valence-corrected chi connectivity index (χ4v) is 8.39. The van der Waals surface area contributed by atoms with Crippen LogP contribution in [0.3, 0.4) is 0 Å². The lowest BCUT2D eigenvalue weighted by Crippen LogP contribution is -2.12. The number of rotatable bonds is 5. The van der Waals surface area contributed by atoms with E-state index in [1.54, 1.807) is 23.5 Å². The highest BCUT2D eigenvalue weighted by Crippen LogP contribution is 2.55. The molecule has 3 heterocycles. The van der Waals surface area contributed by atoms with Crippen molar-refractivity contribution in [3.63, 3.8) is 0 Å². The Morgan fingerprint density at radius 2 is 1.66 bits per heavy atom. The molecule has 0 aliphatic carbocycles. The summed E-state index contributed by atoms with van der Waals surface area (Å²) in [7, 11) is 0. The maximum Gasteiger partial charge on any atom is 0.191 e. The van der Waals surface area contributed by atoms with Crippen LogP contribution in [0.2, 0.25) is 0 Å². The summed E-state index contributed by atoms with van der Waals surface area (Å²) in [6, 6.07) is 28.0. The highest BCUT2D eigenvalue weighted by molar-refractivity contribution is 8.00. The summed E-state index contributed by atoms with van der Waals surface area (Å²) in [5, 5.41) is 2.16. The summed E-state index contributed by atoms with van der Waals surface area (Å²) >= 11 is 5.21. The van der Waals surface area contributed by atoms with Gasteiger partial charge in [0.1, 0.15) is 16.5 Å². The Morgan fingerprint density at radius 1 is 0.914 bits per heavy atom. The molecule has 0 spiro atoms. The molecule has 0 radical (unpaired) electrons. The predicted octanol–water partition coefficient (Wildman–Crippen LogP) is 7.82. The molecule has 2 aromatic heterocycles. The van der Waals surface area contributed by atoms with Gasteiger partial charge in [0.25, 0.3) is 0 Å². The zero-order valence-electron chi connectivity index (χ0n) is 18.7. The minimum absolute atomic E-state index is 0.215. The van der Waals surface area contributed by atoms with Gasteiger partial charge in [0.2, 0.25) is 0 Å². The average molecular weight is 516 g/mol. The molecule has 1 aliphatic heterocycles. The van der Waals surface area contributed by atoms with Crippen molar-refractivity contribution in [3.05, 3.63) is 118 Å². The average Bonchev–Trinajstić information content (AvgIpc) is 3.27. The molecule has 0 bridgehead atoms. The normalized spacial score (nSPS) is 17.4. The summed E-state index contributed by atoms with van der Waals surface area (Å²) in [5.41, 5.74) is 11.3. The number of benzene rings is 3. The number of halogens is 1. The number of hydrogen-bond donors (Lipinski definition) is 1. The van der Waals surface area contributed by atoms with Crippen LogP contribution in [0.25, 0.3) is 10.2 Å². The molecule has 0 amide bonds. The van der Waals surface area contributed by atoms with E-state index in [1.165, 1.54) is 39.4 Å². The molecule has 3 nitrogen and oxygen atoms in total. The number of anilines is 1. The second-order valence-electron chi connectivity index (χ2n) is 8.47. The molecule has 35 heavy (non-hydrogen) atoms. The van der Waals surface area contributed by atoms with E-state index in [-0.39, 0.29) is 11.1 Å². The molecule has 5 aromatic rings. The molecule has 2 atom stereocenters. The van der Waals surface area contributed by atoms with Gasteiger partial charge in [0.05, 0.1) is 10.6 Å². The minimum Gasteiger partial charge on any atom is -0.383 e. The van der Waals surface area contributed by atoms with Crippen LogP contribution in [-0.4, -0.2) is 9.97 Å². The van der Waals surface area contributed by atoms with Gasteiger partial charge < -0.3 is 5.73 Å². The Kier molecular flexibility index (Phi) is 6.22. The maximum atomic E-state index is 13.6. The number of aromatic nitrogens is 2. The van der Waals surface area contributed by atoms with E-state index in [1.807, 2.05) is 17.8 Å². The van der Waals surface area contributed by atoms with Crippen molar-refractivity contribution in [2.75, 3.05) is 5.73 Å². The Morgan fingerprint density at radius 3 is 2.40 bits per heavy atom. The van der Waals surface area contributed by atoms with Crippen LogP contribution in [0.5, 0.6) is 0 Å². The number of thioether (sulfide) groups is 2. The van der Waals surface area contributed by atoms with Crippen LogP contribution in [0.15, 0.2) is 90.1 Å². The summed E-state index contributed by atoms with van der Waals surface area (Å²) < 4.78 is 13.6. The van der Waals surface area contributed by atoms with E-state index < -0.39 is 0 Å². The van der Waals surface area contributed by atoms with Crippen molar-refractivity contribution < 1.29 is 4.39 Å². The van der Waals surface area contributed by atoms with Gasteiger partial charge in [-0.15, -0.1) is 23.1 Å². The van der Waals surface area contributed by atoms with Crippen molar-refractivity contribution in [2.45, 2.75) is 27.8 Å². The summed E-state index contributed by atoms with van der Waals surface area (Å²) in [6.45, 7) is 0. The Hall–Kier alpha value is -2.87. The molecular weight excluding hydrogens is 494 g/mol. The van der Waals surface area contributed by atoms with E-state index in [2.05, 4.69) is 65.6 Å². The second kappa shape index (κ2) is 9.64. The van der Waals surface area contributed by atoms with Gasteiger partial charge in [-0.25, -0.2) is 14.4 Å². The third-order valence-electron chi connectivity index (χ3n) is 6.15. The van der Waals surface area contributed by atoms with Crippen LogP contribution in [-0.2, 0) is 12.2 Å². The third-order valence-corrected chi connectivity index (χ3v) is 9.95. The fourth-order valence-electron chi connectivity index (χ4n) is 4.52. The lowest BCUT2D eigenvalue weighted by molar-refractivity contribution is 0.626. The zero-order valence-corrected chi connectivity index (χ0v) is 21.2. The van der Waals surface area contributed by atoms with Gasteiger partial charge in [-0.1, -0.05) is 84.6 Å². The van der Waals surface area contributed by atoms with E-state index in [0.717, 1.165) is 22.2 Å². The SMILES string of the molecule is Nc1nc(SCc2cccc(F)c2)nc2sc3c(c12)CC(c1ccccc1)SC3c1ccccc1. The van der Waals surface area contributed by atoms with Gasteiger partial charge in [-0.05, 0) is 40.8 Å². The number of nitrogens with two attached hydrogens (primary N) is 1. The van der Waals surface area contributed by atoms with Gasteiger partial charge in [-0.2, -0.15) is 0 Å². The van der Waals surface area contributed by atoms with Crippen LogP contribution in [0, 0.1) is 5.82 Å². The quantitative estimate of drug-likeness (QED) is 0.191. The first-order valence-corrected chi connectivity index (χ1v) is 14.1. The second-order valence-corrected chi connectivity index (χ2v) is 11.8. The van der Waals surface area contributed by atoms with Crippen molar-refractivity contribution in [2.24, 2.45) is 0 Å². The predicted molar refractivity (Wildman–Crippen MR) is 147 cm³/mol. The number of nitrogens with zero attached hydrogens (tertiary/aromatic N) is 2. The van der Waals surface area contributed by atoms with Crippen molar-refractivity contribution in [1.82, 2.24) is 9.97 Å². The molecule has 0 fully saturated rings. The molecule has 1 aliphatic rings. The highest BCUT2D eigenvalue weighted by Gasteiger charge is 2.34. The summed E-state index contributed by atoms with van der Waals surface area (Å²) in [4.78, 5) is 11.8. The molecule has 2 N–H and O–H groups in total. The molecule has 3 aromatic carbocycles. The number of nitrogen functional groups attached to an aromatic ring is 1. The highest BCUT2D eigenvalue weighted by atomic mass is 32.2.